The number of nitrogens with zero attached hydrogens (tertiary/aromatic N) is 2. The number of carboxylic acids is 1. The average molecular weight is 389 g/mol. The molecule has 3 unspecified atom stereocenters. The summed E-state index contributed by atoms with van der Waals surface area (Å²) in [6.45, 7) is 0. The van der Waals surface area contributed by atoms with E-state index in [1.807, 2.05) is 0 Å². The summed E-state index contributed by atoms with van der Waals surface area (Å²) in [5.74, 6) is -1.17. The van der Waals surface area contributed by atoms with E-state index in [9.17, 15) is 28.4 Å². The summed E-state index contributed by atoms with van der Waals surface area (Å²) in [7, 11) is -4.18. The van der Waals surface area contributed by atoms with Gasteiger partial charge in [0.05, 0.1) is 9.95 Å². The van der Waals surface area contributed by atoms with Gasteiger partial charge < -0.3 is 5.11 Å². The lowest BCUT2D eigenvalue weighted by molar-refractivity contribution is -0.384. The van der Waals surface area contributed by atoms with E-state index in [1.165, 1.54) is 0 Å². The first-order valence-corrected chi connectivity index (χ1v) is 9.75. The van der Waals surface area contributed by atoms with Crippen LogP contribution in [0.1, 0.15) is 32.1 Å². The molecule has 0 bridgehead atoms. The zero-order valence-corrected chi connectivity index (χ0v) is 14.7. The first kappa shape index (κ1) is 18.1. The number of halogens is 1. The standard InChI is InChI=1S/C15H17ClN2O6S/c16-11-8-10(18(21)22)5-6-14(11)25(23,24)17-12-4-2-1-3-9(12)7-13(17)15(19)20/h5-6,8-9,12-13H,1-4,7H2,(H,19,20). The molecule has 8 nitrogen and oxygen atoms in total. The quantitative estimate of drug-likeness (QED) is 0.625. The van der Waals surface area contributed by atoms with E-state index in [2.05, 4.69) is 0 Å². The summed E-state index contributed by atoms with van der Waals surface area (Å²) >= 11 is 5.98. The van der Waals surface area contributed by atoms with E-state index in [1.54, 1.807) is 0 Å². The number of carbonyl (C=O) groups is 1. The van der Waals surface area contributed by atoms with Crippen molar-refractivity contribution >= 4 is 33.3 Å². The third-order valence-corrected chi connectivity index (χ3v) is 7.41. The Morgan fingerprint density at radius 1 is 1.32 bits per heavy atom. The number of nitro benzene ring substituents is 1. The van der Waals surface area contributed by atoms with Gasteiger partial charge in [-0.15, -0.1) is 0 Å². The van der Waals surface area contributed by atoms with Gasteiger partial charge in [-0.2, -0.15) is 4.31 Å². The molecular formula is C15H17ClN2O6S. The van der Waals surface area contributed by atoms with Crippen LogP contribution in [-0.4, -0.2) is 40.8 Å². The van der Waals surface area contributed by atoms with Crippen molar-refractivity contribution in [3.05, 3.63) is 33.3 Å². The van der Waals surface area contributed by atoms with Crippen LogP contribution in [0.15, 0.2) is 23.1 Å². The minimum atomic E-state index is -4.18. The molecule has 3 rings (SSSR count). The highest BCUT2D eigenvalue weighted by Gasteiger charge is 2.51. The number of rotatable bonds is 4. The Hall–Kier alpha value is -1.71. The summed E-state index contributed by atoms with van der Waals surface area (Å²) in [5, 5.41) is 20.0. The van der Waals surface area contributed by atoms with E-state index >= 15 is 0 Å². The van der Waals surface area contributed by atoms with E-state index < -0.39 is 27.0 Å². The maximum atomic E-state index is 13.1. The first-order chi connectivity index (χ1) is 11.7. The molecule has 0 radical (unpaired) electrons. The van der Waals surface area contributed by atoms with Crippen molar-refractivity contribution < 1.29 is 23.2 Å². The number of sulfonamides is 1. The third-order valence-electron chi connectivity index (χ3n) is 5.00. The van der Waals surface area contributed by atoms with Crippen molar-refractivity contribution in [3.8, 4) is 0 Å². The lowest BCUT2D eigenvalue weighted by Gasteiger charge is -2.32. The van der Waals surface area contributed by atoms with Crippen LogP contribution in [0.2, 0.25) is 5.02 Å². The van der Waals surface area contributed by atoms with E-state index in [0.717, 1.165) is 41.8 Å². The molecule has 1 aliphatic carbocycles. The van der Waals surface area contributed by atoms with Gasteiger partial charge in [0, 0.05) is 18.2 Å². The molecular weight excluding hydrogens is 372 g/mol. The van der Waals surface area contributed by atoms with Crippen molar-refractivity contribution in [2.45, 2.75) is 49.1 Å². The molecule has 2 aliphatic rings. The summed E-state index contributed by atoms with van der Waals surface area (Å²) in [5.41, 5.74) is -0.323. The number of nitro groups is 1. The Morgan fingerprint density at radius 2 is 2.00 bits per heavy atom. The Balaban J connectivity index is 2.05. The van der Waals surface area contributed by atoms with Crippen LogP contribution in [0.5, 0.6) is 0 Å². The summed E-state index contributed by atoms with van der Waals surface area (Å²) in [4.78, 5) is 21.5. The molecule has 25 heavy (non-hydrogen) atoms. The second-order valence-electron chi connectivity index (χ2n) is 6.41. The van der Waals surface area contributed by atoms with E-state index in [4.69, 9.17) is 11.6 Å². The highest BCUT2D eigenvalue weighted by atomic mass is 35.5. The molecule has 0 amide bonds. The fourth-order valence-corrected chi connectivity index (χ4v) is 6.29. The number of carboxylic acid groups (broad SMARTS) is 1. The fourth-order valence-electron chi connectivity index (χ4n) is 3.90. The lowest BCUT2D eigenvalue weighted by atomic mass is 9.85. The van der Waals surface area contributed by atoms with E-state index in [-0.39, 0.29) is 34.0 Å². The summed E-state index contributed by atoms with van der Waals surface area (Å²) in [6, 6.07) is 1.60. The molecule has 3 atom stereocenters. The van der Waals surface area contributed by atoms with Gasteiger partial charge in [-0.25, -0.2) is 8.42 Å². The molecule has 10 heteroatoms. The molecule has 1 aromatic carbocycles. The number of benzene rings is 1. The van der Waals surface area contributed by atoms with Crippen LogP contribution in [0.3, 0.4) is 0 Å². The molecule has 1 aliphatic heterocycles. The summed E-state index contributed by atoms with van der Waals surface area (Å²) < 4.78 is 27.3. The SMILES string of the molecule is O=C(O)C1CC2CCCCC2N1S(=O)(=O)c1ccc([N+](=O)[O-])cc1Cl. The van der Waals surface area contributed by atoms with Crippen molar-refractivity contribution in [1.82, 2.24) is 4.31 Å². The van der Waals surface area contributed by atoms with Crippen LogP contribution < -0.4 is 0 Å². The second-order valence-corrected chi connectivity index (χ2v) is 8.63. The summed E-state index contributed by atoms with van der Waals surface area (Å²) in [6.07, 6.45) is 3.49. The van der Waals surface area contributed by atoms with Crippen molar-refractivity contribution in [1.29, 1.82) is 0 Å². The lowest BCUT2D eigenvalue weighted by Crippen LogP contribution is -2.46. The van der Waals surface area contributed by atoms with Crippen LogP contribution in [-0.2, 0) is 14.8 Å². The topological polar surface area (TPSA) is 118 Å². The zero-order valence-electron chi connectivity index (χ0n) is 13.2. The monoisotopic (exact) mass is 388 g/mol. The van der Waals surface area contributed by atoms with Crippen LogP contribution >= 0.6 is 11.6 Å². The normalized spacial score (nSPS) is 27.0. The number of aliphatic carboxylic acids is 1. The molecule has 1 saturated heterocycles. The van der Waals surface area contributed by atoms with Crippen LogP contribution in [0.4, 0.5) is 5.69 Å². The van der Waals surface area contributed by atoms with Crippen molar-refractivity contribution in [2.24, 2.45) is 5.92 Å². The first-order valence-electron chi connectivity index (χ1n) is 7.93. The number of fused-ring (bicyclic) bond motifs is 1. The Labute approximate surface area is 149 Å². The number of non-ortho nitro benzene ring substituents is 1. The molecule has 136 valence electrons. The molecule has 1 heterocycles. The second kappa shape index (κ2) is 6.54. The van der Waals surface area contributed by atoms with Gasteiger partial charge in [-0.1, -0.05) is 24.4 Å². The minimum absolute atomic E-state index is 0.0152. The zero-order chi connectivity index (χ0) is 18.4. The maximum Gasteiger partial charge on any atom is 0.322 e. The fraction of sp³-hybridized carbons (Fsp3) is 0.533. The van der Waals surface area contributed by atoms with Crippen LogP contribution in [0, 0.1) is 16.0 Å². The van der Waals surface area contributed by atoms with Gasteiger partial charge in [0.25, 0.3) is 5.69 Å². The van der Waals surface area contributed by atoms with Gasteiger partial charge in [-0.05, 0) is 31.2 Å². The molecule has 1 saturated carbocycles. The highest BCUT2D eigenvalue weighted by molar-refractivity contribution is 7.89. The molecule has 2 fully saturated rings. The molecule has 0 aromatic heterocycles. The Kier molecular flexibility index (Phi) is 4.74. The molecule has 0 spiro atoms. The smallest absolute Gasteiger partial charge is 0.322 e. The third kappa shape index (κ3) is 3.11. The van der Waals surface area contributed by atoms with Gasteiger partial charge in [-0.3, -0.25) is 14.9 Å². The van der Waals surface area contributed by atoms with Gasteiger partial charge in [0.15, 0.2) is 0 Å². The van der Waals surface area contributed by atoms with E-state index in [0.29, 0.717) is 6.42 Å². The van der Waals surface area contributed by atoms with Gasteiger partial charge in [0.1, 0.15) is 10.9 Å². The average Bonchev–Trinajstić information content (AvgIpc) is 2.95. The maximum absolute atomic E-state index is 13.1. The molecule has 1 N–H and O–H groups in total. The predicted molar refractivity (Wildman–Crippen MR) is 88.9 cm³/mol. The Morgan fingerprint density at radius 3 is 2.60 bits per heavy atom. The van der Waals surface area contributed by atoms with Gasteiger partial charge >= 0.3 is 5.97 Å². The highest BCUT2D eigenvalue weighted by Crippen LogP contribution is 2.43. The Bertz CT molecular complexity index is 827. The minimum Gasteiger partial charge on any atom is -0.480 e. The van der Waals surface area contributed by atoms with Crippen molar-refractivity contribution in [2.75, 3.05) is 0 Å². The van der Waals surface area contributed by atoms with Crippen molar-refractivity contribution in [3.63, 3.8) is 0 Å². The number of hydrogen-bond acceptors (Lipinski definition) is 5. The predicted octanol–water partition coefficient (Wildman–Crippen LogP) is 2.65. The van der Waals surface area contributed by atoms with Crippen LogP contribution in [0.25, 0.3) is 0 Å². The number of hydrogen-bond donors (Lipinski definition) is 1. The largest absolute Gasteiger partial charge is 0.480 e. The van der Waals surface area contributed by atoms with Gasteiger partial charge in [0.2, 0.25) is 10.0 Å². The molecule has 1 aromatic rings.